The van der Waals surface area contributed by atoms with E-state index in [9.17, 15) is 0 Å². The maximum absolute atomic E-state index is 4.85. The molecular weight excluding hydrogens is 336 g/mol. The molecule has 0 saturated heterocycles. The van der Waals surface area contributed by atoms with Gasteiger partial charge in [-0.1, -0.05) is 72.1 Å². The van der Waals surface area contributed by atoms with E-state index in [1.54, 1.807) is 0 Å². The van der Waals surface area contributed by atoms with Crippen LogP contribution in [-0.4, -0.2) is 0 Å². The van der Waals surface area contributed by atoms with Crippen LogP contribution in [0, 0.1) is 0 Å². The topological polar surface area (TPSA) is 0 Å². The highest BCUT2D eigenvalue weighted by Crippen LogP contribution is 2.51. The third-order valence-electron chi connectivity index (χ3n) is 3.99. The molecule has 3 aromatic carbocycles. The van der Waals surface area contributed by atoms with E-state index >= 15 is 0 Å². The van der Waals surface area contributed by atoms with Gasteiger partial charge in [0.2, 0.25) is 0 Å². The highest BCUT2D eigenvalue weighted by atomic mass is 32.2. The van der Waals surface area contributed by atoms with E-state index in [0.717, 1.165) is 17.7 Å². The predicted octanol–water partition coefficient (Wildman–Crippen LogP) is 6.38. The Morgan fingerprint density at radius 1 is 0.652 bits per heavy atom. The molecule has 0 radical (unpaired) electrons. The monoisotopic (exact) mass is 352 g/mol. The predicted molar refractivity (Wildman–Crippen MR) is 102 cm³/mol. The fraction of sp³-hybridized carbons (Fsp3) is 0.100. The minimum absolute atomic E-state index is 1.03. The summed E-state index contributed by atoms with van der Waals surface area (Å²) in [7, 11) is 0. The lowest BCUT2D eigenvalue weighted by molar-refractivity contribution is 0.904. The van der Waals surface area contributed by atoms with E-state index in [1.807, 2.05) is 23.5 Å². The number of fused-ring (bicyclic) bond motifs is 2. The van der Waals surface area contributed by atoms with Crippen molar-refractivity contribution in [3.8, 4) is 0 Å². The second-order valence-corrected chi connectivity index (χ2v) is 8.12. The van der Waals surface area contributed by atoms with Crippen molar-refractivity contribution in [3.63, 3.8) is 0 Å². The van der Waals surface area contributed by atoms with Crippen LogP contribution < -0.4 is 0 Å². The normalized spacial score (nSPS) is 12.6. The summed E-state index contributed by atoms with van der Waals surface area (Å²) in [6.07, 6.45) is 2.09. The average Bonchev–Trinajstić information content (AvgIpc) is 2.61. The highest BCUT2D eigenvalue weighted by molar-refractivity contribution is 8.05. The zero-order valence-corrected chi connectivity index (χ0v) is 15.1. The Morgan fingerprint density at radius 3 is 2.13 bits per heavy atom. The van der Waals surface area contributed by atoms with E-state index in [-0.39, 0.29) is 0 Å². The molecule has 0 N–H and O–H groups in total. The minimum atomic E-state index is 1.03. The van der Waals surface area contributed by atoms with Gasteiger partial charge in [0.15, 0.2) is 0 Å². The zero-order valence-electron chi connectivity index (χ0n) is 12.5. The first kappa shape index (κ1) is 15.3. The van der Waals surface area contributed by atoms with Crippen LogP contribution in [0.4, 0.5) is 0 Å². The number of benzene rings is 3. The Balaban J connectivity index is 1.60. The Morgan fingerprint density at radius 2 is 1.35 bits per heavy atom. The summed E-state index contributed by atoms with van der Waals surface area (Å²) in [5.41, 5.74) is 2.72. The quantitative estimate of drug-likeness (QED) is 0.425. The first-order valence-corrected chi connectivity index (χ1v) is 9.73. The molecule has 3 heteroatoms. The maximum atomic E-state index is 4.85. The minimum Gasteiger partial charge on any atom is -0.142 e. The van der Waals surface area contributed by atoms with Gasteiger partial charge < -0.3 is 0 Å². The number of hydrogen-bond donors (Lipinski definition) is 1. The molecule has 4 rings (SSSR count). The van der Waals surface area contributed by atoms with Crippen LogP contribution in [0.15, 0.2) is 91.2 Å². The summed E-state index contributed by atoms with van der Waals surface area (Å²) in [5.74, 6) is 0. The molecule has 0 aromatic heterocycles. The Kier molecular flexibility index (Phi) is 4.43. The van der Waals surface area contributed by atoms with Gasteiger partial charge in [-0.25, -0.2) is 0 Å². The van der Waals surface area contributed by atoms with Crippen molar-refractivity contribution in [3.05, 3.63) is 77.9 Å². The maximum Gasteiger partial charge on any atom is 0.0398 e. The first-order valence-electron chi connectivity index (χ1n) is 7.65. The van der Waals surface area contributed by atoms with Gasteiger partial charge in [-0.15, -0.1) is 12.6 Å². The third-order valence-corrected chi connectivity index (χ3v) is 7.25. The average molecular weight is 353 g/mol. The molecule has 0 fully saturated rings. The Bertz CT molecular complexity index is 841. The fourth-order valence-corrected chi connectivity index (χ4v) is 5.58. The molecule has 0 amide bonds. The fourth-order valence-electron chi connectivity index (χ4n) is 2.75. The van der Waals surface area contributed by atoms with Crippen molar-refractivity contribution < 1.29 is 0 Å². The number of hydrogen-bond acceptors (Lipinski definition) is 3. The molecule has 0 unspecified atom stereocenters. The molecule has 1 heterocycles. The van der Waals surface area contributed by atoms with E-state index in [1.165, 1.54) is 30.7 Å². The van der Waals surface area contributed by atoms with Gasteiger partial charge in [0.25, 0.3) is 0 Å². The van der Waals surface area contributed by atoms with Crippen LogP contribution in [0.3, 0.4) is 0 Å². The summed E-state index contributed by atoms with van der Waals surface area (Å²) in [4.78, 5) is 6.45. The van der Waals surface area contributed by atoms with Crippen LogP contribution in [0.1, 0.15) is 11.1 Å². The molecule has 0 saturated carbocycles. The van der Waals surface area contributed by atoms with Crippen molar-refractivity contribution in [1.82, 2.24) is 0 Å². The number of rotatable bonds is 3. The lowest BCUT2D eigenvalue weighted by Crippen LogP contribution is -1.97. The van der Waals surface area contributed by atoms with Crippen molar-refractivity contribution in [2.24, 2.45) is 0 Å². The molecule has 1 aliphatic rings. The molecule has 23 heavy (non-hydrogen) atoms. The molecule has 3 aromatic rings. The van der Waals surface area contributed by atoms with Crippen LogP contribution in [0.5, 0.6) is 0 Å². The number of thiol groups is 1. The lowest BCUT2D eigenvalue weighted by atomic mass is 10.0. The molecule has 0 aliphatic carbocycles. The largest absolute Gasteiger partial charge is 0.142 e. The van der Waals surface area contributed by atoms with E-state index in [0.29, 0.717) is 0 Å². The summed E-state index contributed by atoms with van der Waals surface area (Å²) >= 11 is 8.55. The van der Waals surface area contributed by atoms with Gasteiger partial charge in [-0.05, 0) is 42.2 Å². The molecule has 0 atom stereocenters. The third kappa shape index (κ3) is 3.18. The summed E-state index contributed by atoms with van der Waals surface area (Å²) in [5, 5.41) is 0. The molecular formula is C20H16S3. The summed E-state index contributed by atoms with van der Waals surface area (Å²) in [6, 6.07) is 23.8. The van der Waals surface area contributed by atoms with E-state index < -0.39 is 0 Å². The van der Waals surface area contributed by atoms with E-state index in [2.05, 4.69) is 66.7 Å². The smallest absolute Gasteiger partial charge is 0.0398 e. The van der Waals surface area contributed by atoms with Gasteiger partial charge in [0.05, 0.1) is 0 Å². The second-order valence-electron chi connectivity index (χ2n) is 5.54. The zero-order chi connectivity index (χ0) is 15.6. The van der Waals surface area contributed by atoms with E-state index in [4.69, 9.17) is 12.6 Å². The van der Waals surface area contributed by atoms with Crippen LogP contribution in [-0.2, 0) is 12.8 Å². The van der Waals surface area contributed by atoms with Crippen molar-refractivity contribution in [2.45, 2.75) is 37.3 Å². The van der Waals surface area contributed by atoms with Crippen molar-refractivity contribution in [2.75, 3.05) is 0 Å². The summed E-state index contributed by atoms with van der Waals surface area (Å²) in [6.45, 7) is 0. The van der Waals surface area contributed by atoms with Gasteiger partial charge in [-0.3, -0.25) is 0 Å². The van der Waals surface area contributed by atoms with Gasteiger partial charge >= 0.3 is 0 Å². The molecule has 0 bridgehead atoms. The SMILES string of the molecule is Sc1c(CCc2ccccc2)ccc2c1Sc1ccccc1S2. The molecule has 0 spiro atoms. The first-order chi connectivity index (χ1) is 11.3. The van der Waals surface area contributed by atoms with Gasteiger partial charge in [-0.2, -0.15) is 0 Å². The van der Waals surface area contributed by atoms with Crippen molar-refractivity contribution >= 4 is 36.2 Å². The second kappa shape index (κ2) is 6.68. The van der Waals surface area contributed by atoms with Gasteiger partial charge in [0, 0.05) is 24.5 Å². The Labute approximate surface area is 151 Å². The standard InChI is InChI=1S/C20H16S3/c21-19-15(11-10-14-6-2-1-3-7-14)12-13-18-20(19)23-17-9-5-4-8-16(17)22-18/h1-9,12-13,21H,10-11H2. The Hall–Kier alpha value is -1.29. The lowest BCUT2D eigenvalue weighted by Gasteiger charge is -2.21. The highest BCUT2D eigenvalue weighted by Gasteiger charge is 2.20. The van der Waals surface area contributed by atoms with Crippen LogP contribution in [0.2, 0.25) is 0 Å². The molecule has 1 aliphatic heterocycles. The van der Waals surface area contributed by atoms with Crippen LogP contribution >= 0.6 is 36.2 Å². The molecule has 114 valence electrons. The summed E-state index contributed by atoms with van der Waals surface area (Å²) < 4.78 is 0. The van der Waals surface area contributed by atoms with Crippen LogP contribution in [0.25, 0.3) is 0 Å². The molecule has 0 nitrogen and oxygen atoms in total. The van der Waals surface area contributed by atoms with Gasteiger partial charge in [0.1, 0.15) is 0 Å². The van der Waals surface area contributed by atoms with Crippen molar-refractivity contribution in [1.29, 1.82) is 0 Å². The number of aryl methyl sites for hydroxylation is 2.